The molecule has 1 aliphatic heterocycles. The Morgan fingerprint density at radius 2 is 1.87 bits per heavy atom. The molecule has 1 fully saturated rings. The summed E-state index contributed by atoms with van der Waals surface area (Å²) in [6.45, 7) is 0. The van der Waals surface area contributed by atoms with Gasteiger partial charge in [0.05, 0.1) is 9.90 Å². The zero-order valence-corrected chi connectivity index (χ0v) is 18.3. The van der Waals surface area contributed by atoms with Crippen molar-refractivity contribution in [3.63, 3.8) is 0 Å². The highest BCUT2D eigenvalue weighted by Gasteiger charge is 2.34. The third-order valence-electron chi connectivity index (χ3n) is 4.09. The second-order valence-electron chi connectivity index (χ2n) is 6.15. The lowest BCUT2D eigenvalue weighted by atomic mass is 10.1. The molecule has 4 rings (SSSR count). The predicted molar refractivity (Wildman–Crippen MR) is 122 cm³/mol. The van der Waals surface area contributed by atoms with Gasteiger partial charge in [0.1, 0.15) is 11.4 Å². The molecule has 150 valence electrons. The average Bonchev–Trinajstić information content (AvgIpc) is 3.14. The van der Waals surface area contributed by atoms with Gasteiger partial charge in [-0.1, -0.05) is 29.4 Å². The number of carbonyl (C=O) groups is 2. The van der Waals surface area contributed by atoms with Crippen molar-refractivity contribution in [1.82, 2.24) is 5.32 Å². The molecule has 0 unspecified atom stereocenters. The largest absolute Gasteiger partial charge is 0.298 e. The predicted octanol–water partition coefficient (Wildman–Crippen LogP) is 5.52. The monoisotopic (exact) mass is 474 g/mol. The van der Waals surface area contributed by atoms with Gasteiger partial charge in [-0.05, 0) is 72.9 Å². The highest BCUT2D eigenvalue weighted by atomic mass is 35.5. The Hall–Kier alpha value is -2.52. The number of benzene rings is 2. The maximum Gasteiger partial charge on any atom is 0.270 e. The van der Waals surface area contributed by atoms with Crippen molar-refractivity contribution in [3.05, 3.63) is 82.0 Å². The molecule has 1 saturated heterocycles. The van der Waals surface area contributed by atoms with Crippen LogP contribution in [-0.2, 0) is 9.59 Å². The van der Waals surface area contributed by atoms with Crippen molar-refractivity contribution < 1.29 is 14.0 Å². The van der Waals surface area contributed by atoms with Gasteiger partial charge < -0.3 is 0 Å². The van der Waals surface area contributed by atoms with E-state index in [-0.39, 0.29) is 16.4 Å². The van der Waals surface area contributed by atoms with E-state index in [2.05, 4.69) is 5.32 Å². The van der Waals surface area contributed by atoms with Crippen molar-refractivity contribution in [2.24, 2.45) is 0 Å². The maximum atomic E-state index is 13.6. The molecule has 0 bridgehead atoms. The van der Waals surface area contributed by atoms with E-state index in [0.717, 1.165) is 18.9 Å². The quantitative estimate of drug-likeness (QED) is 0.307. The molecule has 1 N–H and O–H groups in total. The van der Waals surface area contributed by atoms with Crippen LogP contribution in [0.15, 0.2) is 75.3 Å². The van der Waals surface area contributed by atoms with Crippen LogP contribution in [0, 0.1) is 5.82 Å². The summed E-state index contributed by atoms with van der Waals surface area (Å²) >= 11 is 14.0. The van der Waals surface area contributed by atoms with Crippen molar-refractivity contribution in [2.75, 3.05) is 4.90 Å². The maximum absolute atomic E-state index is 13.6. The number of amides is 2. The molecule has 1 aliphatic rings. The molecule has 3 aromatic rings. The van der Waals surface area contributed by atoms with E-state index in [0.29, 0.717) is 5.02 Å². The van der Waals surface area contributed by atoms with E-state index < -0.39 is 17.6 Å². The van der Waals surface area contributed by atoms with E-state index >= 15 is 0 Å². The smallest absolute Gasteiger partial charge is 0.270 e. The highest BCUT2D eigenvalue weighted by Crippen LogP contribution is 2.35. The molecule has 2 heterocycles. The SMILES string of the molecule is O=C1NC(=S)N(c2cccc(F)c2)C(=O)/C1=C/c1ccc(Sc2ccc(Cl)cc2)s1. The number of thiophene rings is 1. The van der Waals surface area contributed by atoms with Gasteiger partial charge in [-0.3, -0.25) is 19.8 Å². The summed E-state index contributed by atoms with van der Waals surface area (Å²) in [6, 6.07) is 16.7. The number of nitrogens with one attached hydrogen (secondary N) is 1. The summed E-state index contributed by atoms with van der Waals surface area (Å²) in [7, 11) is 0. The fourth-order valence-electron chi connectivity index (χ4n) is 2.74. The summed E-state index contributed by atoms with van der Waals surface area (Å²) in [4.78, 5) is 28.2. The number of anilines is 1. The van der Waals surface area contributed by atoms with Crippen LogP contribution in [-0.4, -0.2) is 16.9 Å². The van der Waals surface area contributed by atoms with Gasteiger partial charge in [0, 0.05) is 14.8 Å². The number of thiocarbonyl (C=S) groups is 1. The minimum absolute atomic E-state index is 0.0715. The van der Waals surface area contributed by atoms with Crippen molar-refractivity contribution >= 4 is 75.6 Å². The Morgan fingerprint density at radius 1 is 1.10 bits per heavy atom. The topological polar surface area (TPSA) is 49.4 Å². The van der Waals surface area contributed by atoms with Crippen molar-refractivity contribution in [3.8, 4) is 0 Å². The lowest BCUT2D eigenvalue weighted by molar-refractivity contribution is -0.122. The fourth-order valence-corrected chi connectivity index (χ4v) is 5.21. The van der Waals surface area contributed by atoms with Gasteiger partial charge in [-0.2, -0.15) is 0 Å². The molecule has 1 aromatic heterocycles. The first-order chi connectivity index (χ1) is 14.4. The number of halogens is 2. The second kappa shape index (κ2) is 8.69. The summed E-state index contributed by atoms with van der Waals surface area (Å²) in [6.07, 6.45) is 1.52. The molecular formula is C21H12ClFN2O2S3. The number of carbonyl (C=O) groups excluding carboxylic acids is 2. The van der Waals surface area contributed by atoms with Crippen LogP contribution >= 0.6 is 46.9 Å². The third kappa shape index (κ3) is 4.46. The molecule has 0 aliphatic carbocycles. The van der Waals surface area contributed by atoms with Crippen molar-refractivity contribution in [2.45, 2.75) is 9.10 Å². The van der Waals surface area contributed by atoms with Crippen LogP contribution in [0.2, 0.25) is 5.02 Å². The minimum Gasteiger partial charge on any atom is -0.298 e. The van der Waals surface area contributed by atoms with Gasteiger partial charge in [0.15, 0.2) is 5.11 Å². The summed E-state index contributed by atoms with van der Waals surface area (Å²) in [5.41, 5.74) is 0.179. The Bertz CT molecular complexity index is 1190. The van der Waals surface area contributed by atoms with Gasteiger partial charge >= 0.3 is 0 Å². The summed E-state index contributed by atoms with van der Waals surface area (Å²) < 4.78 is 14.6. The Balaban J connectivity index is 1.60. The molecule has 0 atom stereocenters. The summed E-state index contributed by atoms with van der Waals surface area (Å²) in [5.74, 6) is -1.69. The molecule has 0 radical (unpaired) electrons. The summed E-state index contributed by atoms with van der Waals surface area (Å²) in [5, 5.41) is 3.07. The first-order valence-corrected chi connectivity index (χ1v) is 11.0. The molecule has 2 amide bonds. The van der Waals surface area contributed by atoms with Gasteiger partial charge in [0.25, 0.3) is 11.8 Å². The number of nitrogens with zero attached hydrogens (tertiary/aromatic N) is 1. The Morgan fingerprint density at radius 3 is 2.60 bits per heavy atom. The Labute approximate surface area is 190 Å². The number of rotatable bonds is 4. The second-order valence-corrected chi connectivity index (χ2v) is 9.46. The number of hydrogen-bond acceptors (Lipinski definition) is 5. The zero-order chi connectivity index (χ0) is 21.3. The van der Waals surface area contributed by atoms with E-state index in [1.807, 2.05) is 36.4 Å². The highest BCUT2D eigenvalue weighted by molar-refractivity contribution is 8.01. The van der Waals surface area contributed by atoms with Gasteiger partial charge in [0.2, 0.25) is 0 Å². The normalized spacial score (nSPS) is 15.6. The van der Waals surface area contributed by atoms with Crippen LogP contribution in [0.1, 0.15) is 4.88 Å². The first kappa shape index (κ1) is 20.7. The van der Waals surface area contributed by atoms with Crippen LogP contribution in [0.25, 0.3) is 6.08 Å². The third-order valence-corrected chi connectivity index (χ3v) is 6.80. The fraction of sp³-hybridized carbons (Fsp3) is 0. The minimum atomic E-state index is -0.602. The van der Waals surface area contributed by atoms with Gasteiger partial charge in [-0.25, -0.2) is 4.39 Å². The van der Waals surface area contributed by atoms with Crippen LogP contribution in [0.5, 0.6) is 0 Å². The molecule has 9 heteroatoms. The molecule has 30 heavy (non-hydrogen) atoms. The van der Waals surface area contributed by atoms with E-state index in [1.165, 1.54) is 35.6 Å². The standard InChI is InChI=1S/C21H12ClFN2O2S3/c22-12-4-6-15(7-5-12)29-18-9-8-16(30-18)11-17-19(26)24-21(28)25(20(17)27)14-3-1-2-13(23)10-14/h1-11H,(H,24,26,28)/b17-11+. The van der Waals surface area contributed by atoms with Crippen LogP contribution in [0.3, 0.4) is 0 Å². The molecule has 2 aromatic carbocycles. The average molecular weight is 475 g/mol. The lowest BCUT2D eigenvalue weighted by Gasteiger charge is -2.28. The molecular weight excluding hydrogens is 463 g/mol. The van der Waals surface area contributed by atoms with Gasteiger partial charge in [-0.15, -0.1) is 11.3 Å². The zero-order valence-electron chi connectivity index (χ0n) is 15.1. The van der Waals surface area contributed by atoms with E-state index in [9.17, 15) is 14.0 Å². The van der Waals surface area contributed by atoms with Crippen molar-refractivity contribution in [1.29, 1.82) is 0 Å². The molecule has 4 nitrogen and oxygen atoms in total. The van der Waals surface area contributed by atoms with Crippen LogP contribution in [0.4, 0.5) is 10.1 Å². The molecule has 0 saturated carbocycles. The van der Waals surface area contributed by atoms with E-state index in [4.69, 9.17) is 23.8 Å². The lowest BCUT2D eigenvalue weighted by Crippen LogP contribution is -2.54. The van der Waals surface area contributed by atoms with Crippen LogP contribution < -0.4 is 10.2 Å². The first-order valence-electron chi connectivity index (χ1n) is 8.61. The van der Waals surface area contributed by atoms with E-state index in [1.54, 1.807) is 17.8 Å². The number of hydrogen-bond donors (Lipinski definition) is 1. The molecule has 0 spiro atoms. The Kier molecular flexibility index (Phi) is 6.01.